The molecule has 2 aromatic rings. The molecule has 0 radical (unpaired) electrons. The Morgan fingerprint density at radius 2 is 1.88 bits per heavy atom. The summed E-state index contributed by atoms with van der Waals surface area (Å²) in [6, 6.07) is 9.51. The number of nitrogens with one attached hydrogen (secondary N) is 2. The minimum Gasteiger partial charge on any atom is -0.493 e. The number of rotatable bonds is 7. The van der Waals surface area contributed by atoms with Crippen molar-refractivity contribution in [1.82, 2.24) is 10.3 Å². The molecule has 0 spiro atoms. The molecule has 0 unspecified atom stereocenters. The Labute approximate surface area is 148 Å². The van der Waals surface area contributed by atoms with Crippen LogP contribution in [-0.2, 0) is 14.8 Å². The number of benzene rings is 2. The predicted octanol–water partition coefficient (Wildman–Crippen LogP) is 1.88. The molecule has 0 heterocycles. The van der Waals surface area contributed by atoms with Gasteiger partial charge in [-0.15, -0.1) is 4.83 Å². The van der Waals surface area contributed by atoms with Crippen LogP contribution in [0.25, 0.3) is 0 Å². The fourth-order valence-electron chi connectivity index (χ4n) is 1.74. The lowest BCUT2D eigenvalue weighted by Crippen LogP contribution is -2.43. The van der Waals surface area contributed by atoms with Crippen molar-refractivity contribution in [3.8, 4) is 11.5 Å². The van der Waals surface area contributed by atoms with E-state index in [0.717, 1.165) is 18.2 Å². The maximum atomic E-state index is 13.1. The van der Waals surface area contributed by atoms with Crippen LogP contribution in [0.2, 0.25) is 5.02 Å². The quantitative estimate of drug-likeness (QED) is 0.706. The van der Waals surface area contributed by atoms with E-state index in [9.17, 15) is 17.6 Å². The normalized spacial score (nSPS) is 11.0. The van der Waals surface area contributed by atoms with Crippen LogP contribution in [0.15, 0.2) is 47.4 Å². The lowest BCUT2D eigenvalue weighted by molar-refractivity contribution is -0.123. The van der Waals surface area contributed by atoms with E-state index in [1.807, 2.05) is 10.3 Å². The number of para-hydroxylation sites is 2. The van der Waals surface area contributed by atoms with Gasteiger partial charge in [0.2, 0.25) is 0 Å². The Morgan fingerprint density at radius 3 is 2.52 bits per heavy atom. The second kappa shape index (κ2) is 8.15. The van der Waals surface area contributed by atoms with Crippen molar-refractivity contribution in [2.45, 2.75) is 4.90 Å². The molecule has 134 valence electrons. The summed E-state index contributed by atoms with van der Waals surface area (Å²) in [7, 11) is -2.66. The highest BCUT2D eigenvalue weighted by atomic mass is 35.5. The molecular weight excluding hydrogens is 375 g/mol. The molecule has 25 heavy (non-hydrogen) atoms. The van der Waals surface area contributed by atoms with Crippen molar-refractivity contribution in [2.24, 2.45) is 0 Å². The number of sulfonamides is 1. The van der Waals surface area contributed by atoms with Gasteiger partial charge in [0.1, 0.15) is 5.82 Å². The highest BCUT2D eigenvalue weighted by molar-refractivity contribution is 7.89. The summed E-state index contributed by atoms with van der Waals surface area (Å²) in [4.78, 5) is 13.3. The van der Waals surface area contributed by atoms with Gasteiger partial charge in [-0.25, -0.2) is 12.8 Å². The van der Waals surface area contributed by atoms with Gasteiger partial charge in [0.25, 0.3) is 15.9 Å². The van der Waals surface area contributed by atoms with E-state index < -0.39 is 28.4 Å². The first-order chi connectivity index (χ1) is 11.8. The van der Waals surface area contributed by atoms with E-state index in [4.69, 9.17) is 21.1 Å². The fraction of sp³-hybridized carbons (Fsp3) is 0.133. The monoisotopic (exact) mass is 388 g/mol. The number of hydrogen-bond donors (Lipinski definition) is 2. The molecule has 0 atom stereocenters. The van der Waals surface area contributed by atoms with Gasteiger partial charge in [-0.2, -0.15) is 0 Å². The van der Waals surface area contributed by atoms with E-state index in [1.54, 1.807) is 24.3 Å². The van der Waals surface area contributed by atoms with Gasteiger partial charge in [-0.3, -0.25) is 10.2 Å². The van der Waals surface area contributed by atoms with Crippen LogP contribution in [-0.4, -0.2) is 28.0 Å². The third-order valence-corrected chi connectivity index (χ3v) is 4.49. The van der Waals surface area contributed by atoms with Crippen LogP contribution in [0.4, 0.5) is 4.39 Å². The third kappa shape index (κ3) is 5.05. The zero-order valence-electron chi connectivity index (χ0n) is 13.0. The van der Waals surface area contributed by atoms with Crippen LogP contribution in [0.3, 0.4) is 0 Å². The van der Waals surface area contributed by atoms with Crippen molar-refractivity contribution in [3.63, 3.8) is 0 Å². The molecule has 1 amide bonds. The van der Waals surface area contributed by atoms with E-state index >= 15 is 0 Å². The minimum absolute atomic E-state index is 0.301. The molecule has 0 aliphatic heterocycles. The smallest absolute Gasteiger partial charge is 0.272 e. The van der Waals surface area contributed by atoms with Crippen molar-refractivity contribution >= 4 is 27.5 Å². The van der Waals surface area contributed by atoms with Gasteiger partial charge < -0.3 is 9.47 Å². The summed E-state index contributed by atoms with van der Waals surface area (Å²) in [5, 5.41) is -0.353. The maximum absolute atomic E-state index is 13.1. The Balaban J connectivity index is 1.93. The fourth-order valence-corrected chi connectivity index (χ4v) is 2.88. The van der Waals surface area contributed by atoms with Crippen LogP contribution in [0.1, 0.15) is 0 Å². The summed E-state index contributed by atoms with van der Waals surface area (Å²) in [5.74, 6) is -0.747. The number of hydrazine groups is 1. The summed E-state index contributed by atoms with van der Waals surface area (Å²) < 4.78 is 47.4. The molecule has 2 aromatic carbocycles. The molecule has 0 fully saturated rings. The number of hydrogen-bond acceptors (Lipinski definition) is 5. The molecule has 10 heteroatoms. The Hall–Kier alpha value is -2.36. The van der Waals surface area contributed by atoms with Crippen LogP contribution in [0.5, 0.6) is 11.5 Å². The standard InChI is InChI=1S/C15H14ClFN2O5S/c1-23-13-4-2-3-5-14(13)24-9-15(20)18-19-25(21,22)10-6-7-12(17)11(16)8-10/h2-8,19H,9H2,1H3,(H,18,20). The van der Waals surface area contributed by atoms with E-state index in [2.05, 4.69) is 0 Å². The zero-order chi connectivity index (χ0) is 18.4. The number of ether oxygens (including phenoxy) is 2. The molecule has 0 aliphatic carbocycles. The summed E-state index contributed by atoms with van der Waals surface area (Å²) in [5.41, 5.74) is 1.98. The van der Waals surface area contributed by atoms with Crippen LogP contribution >= 0.6 is 11.6 Å². The summed E-state index contributed by atoms with van der Waals surface area (Å²) in [6.45, 7) is -0.451. The van der Waals surface area contributed by atoms with E-state index in [1.165, 1.54) is 7.11 Å². The predicted molar refractivity (Wildman–Crippen MR) is 88.4 cm³/mol. The van der Waals surface area contributed by atoms with E-state index in [0.29, 0.717) is 11.5 Å². The lowest BCUT2D eigenvalue weighted by atomic mass is 10.3. The van der Waals surface area contributed by atoms with Gasteiger partial charge >= 0.3 is 0 Å². The molecule has 0 saturated heterocycles. The first-order valence-corrected chi connectivity index (χ1v) is 8.71. The topological polar surface area (TPSA) is 93.7 Å². The van der Waals surface area contributed by atoms with Gasteiger partial charge in [0.05, 0.1) is 17.0 Å². The van der Waals surface area contributed by atoms with Crippen LogP contribution in [0, 0.1) is 5.82 Å². The SMILES string of the molecule is COc1ccccc1OCC(=O)NNS(=O)(=O)c1ccc(F)c(Cl)c1. The zero-order valence-corrected chi connectivity index (χ0v) is 14.5. The lowest BCUT2D eigenvalue weighted by Gasteiger charge is -2.11. The highest BCUT2D eigenvalue weighted by Crippen LogP contribution is 2.25. The van der Waals surface area contributed by atoms with Crippen molar-refractivity contribution < 1.29 is 27.1 Å². The van der Waals surface area contributed by atoms with E-state index in [-0.39, 0.29) is 9.92 Å². The minimum atomic E-state index is -4.10. The largest absolute Gasteiger partial charge is 0.493 e. The molecule has 0 aromatic heterocycles. The summed E-state index contributed by atoms with van der Waals surface area (Å²) in [6.07, 6.45) is 0. The third-order valence-electron chi connectivity index (χ3n) is 2.95. The first-order valence-electron chi connectivity index (χ1n) is 6.85. The number of methoxy groups -OCH3 is 1. The number of carbonyl (C=O) groups excluding carboxylic acids is 1. The molecule has 2 N–H and O–H groups in total. The van der Waals surface area contributed by atoms with Gasteiger partial charge in [0.15, 0.2) is 18.1 Å². The van der Waals surface area contributed by atoms with Crippen LogP contribution < -0.4 is 19.7 Å². The first kappa shape index (κ1) is 19.0. The average molecular weight is 389 g/mol. The van der Waals surface area contributed by atoms with Crippen molar-refractivity contribution in [2.75, 3.05) is 13.7 Å². The number of halogens is 2. The molecule has 2 rings (SSSR count). The average Bonchev–Trinajstić information content (AvgIpc) is 2.60. The second-order valence-corrected chi connectivity index (χ2v) is 6.76. The molecule has 7 nitrogen and oxygen atoms in total. The molecular formula is C15H14ClFN2O5S. The highest BCUT2D eigenvalue weighted by Gasteiger charge is 2.17. The molecule has 0 bridgehead atoms. The molecule has 0 saturated carbocycles. The second-order valence-electron chi connectivity index (χ2n) is 4.67. The van der Waals surface area contributed by atoms with Gasteiger partial charge in [-0.05, 0) is 30.3 Å². The Bertz CT molecular complexity index is 876. The Morgan fingerprint density at radius 1 is 1.20 bits per heavy atom. The Kier molecular flexibility index (Phi) is 6.18. The maximum Gasteiger partial charge on any atom is 0.272 e. The molecule has 0 aliphatic rings. The van der Waals surface area contributed by atoms with Crippen molar-refractivity contribution in [3.05, 3.63) is 53.3 Å². The van der Waals surface area contributed by atoms with Crippen molar-refractivity contribution in [1.29, 1.82) is 0 Å². The number of amides is 1. The number of carbonyl (C=O) groups is 1. The summed E-state index contributed by atoms with van der Waals surface area (Å²) >= 11 is 5.54. The van der Waals surface area contributed by atoms with Gasteiger partial charge in [0, 0.05) is 0 Å². The van der Waals surface area contributed by atoms with Gasteiger partial charge in [-0.1, -0.05) is 23.7 Å².